The zero-order valence-electron chi connectivity index (χ0n) is 13.1. The van der Waals surface area contributed by atoms with Gasteiger partial charge in [-0.2, -0.15) is 8.78 Å². The van der Waals surface area contributed by atoms with Gasteiger partial charge in [-0.3, -0.25) is 14.9 Å². The number of hydrogen-bond acceptors (Lipinski definition) is 6. The van der Waals surface area contributed by atoms with Gasteiger partial charge in [-0.15, -0.1) is 0 Å². The maximum absolute atomic E-state index is 12.4. The minimum atomic E-state index is -2.96. The average Bonchev–Trinajstić information content (AvgIpc) is 2.61. The molecule has 1 aliphatic heterocycles. The van der Waals surface area contributed by atoms with E-state index in [1.807, 2.05) is 0 Å². The van der Waals surface area contributed by atoms with Gasteiger partial charge in [-0.25, -0.2) is 0 Å². The van der Waals surface area contributed by atoms with Crippen molar-refractivity contribution in [2.45, 2.75) is 6.61 Å². The molecule has 0 bridgehead atoms. The number of ether oxygens (including phenoxy) is 3. The number of nitro benzene ring substituents is 1. The maximum atomic E-state index is 12.4. The number of anilines is 1. The van der Waals surface area contributed by atoms with Gasteiger partial charge in [0.2, 0.25) is 0 Å². The van der Waals surface area contributed by atoms with Crippen molar-refractivity contribution in [3.8, 4) is 17.2 Å². The highest BCUT2D eigenvalue weighted by atomic mass is 19.3. The summed E-state index contributed by atoms with van der Waals surface area (Å²) in [5.74, 6) is -0.416. The summed E-state index contributed by atoms with van der Waals surface area (Å²) in [4.78, 5) is 23.0. The quantitative estimate of drug-likeness (QED) is 0.644. The Hall–Kier alpha value is -3.43. The second-order valence-electron chi connectivity index (χ2n) is 5.13. The number of nitrogens with zero attached hydrogens (tertiary/aromatic N) is 1. The number of carbonyl (C=O) groups excluding carboxylic acids is 1. The minimum Gasteiger partial charge on any atom is -0.486 e. The fourth-order valence-corrected chi connectivity index (χ4v) is 2.33. The summed E-state index contributed by atoms with van der Waals surface area (Å²) >= 11 is 0. The van der Waals surface area contributed by atoms with Gasteiger partial charge in [-0.1, -0.05) is 0 Å². The van der Waals surface area contributed by atoms with Gasteiger partial charge in [0.25, 0.3) is 11.6 Å². The third-order valence-corrected chi connectivity index (χ3v) is 3.44. The van der Waals surface area contributed by atoms with Gasteiger partial charge >= 0.3 is 6.61 Å². The Kier molecular flexibility index (Phi) is 4.83. The van der Waals surface area contributed by atoms with Crippen LogP contribution in [0.5, 0.6) is 17.2 Å². The first-order valence-electron chi connectivity index (χ1n) is 7.38. The highest BCUT2D eigenvalue weighted by Gasteiger charge is 2.26. The molecule has 2 aromatic rings. The number of benzene rings is 2. The van der Waals surface area contributed by atoms with Crippen molar-refractivity contribution in [2.75, 3.05) is 18.5 Å². The molecule has 0 saturated heterocycles. The second kappa shape index (κ2) is 7.21. The molecule has 8 nitrogen and oxygen atoms in total. The summed E-state index contributed by atoms with van der Waals surface area (Å²) in [5.41, 5.74) is -0.405. The van der Waals surface area contributed by atoms with Crippen LogP contribution in [0.25, 0.3) is 0 Å². The zero-order chi connectivity index (χ0) is 18.7. The molecule has 0 spiro atoms. The lowest BCUT2D eigenvalue weighted by atomic mass is 10.1. The molecule has 0 fully saturated rings. The summed E-state index contributed by atoms with van der Waals surface area (Å²) in [6.45, 7) is -2.45. The van der Waals surface area contributed by atoms with E-state index in [0.29, 0.717) is 0 Å². The van der Waals surface area contributed by atoms with Crippen molar-refractivity contribution in [2.24, 2.45) is 0 Å². The van der Waals surface area contributed by atoms with Gasteiger partial charge in [-0.05, 0) is 24.3 Å². The molecule has 1 amide bonds. The largest absolute Gasteiger partial charge is 0.486 e. The van der Waals surface area contributed by atoms with Crippen molar-refractivity contribution < 1.29 is 32.7 Å². The number of carbonyl (C=O) groups is 1. The fraction of sp³-hybridized carbons (Fsp3) is 0.188. The number of halogens is 2. The van der Waals surface area contributed by atoms with E-state index < -0.39 is 23.1 Å². The monoisotopic (exact) mass is 366 g/mol. The van der Waals surface area contributed by atoms with E-state index in [1.54, 1.807) is 0 Å². The molecule has 3 rings (SSSR count). The lowest BCUT2D eigenvalue weighted by molar-refractivity contribution is -0.385. The van der Waals surface area contributed by atoms with Crippen LogP contribution in [0.4, 0.5) is 20.2 Å². The molecule has 10 heteroatoms. The SMILES string of the molecule is O=C(Nc1ccc(OC(F)F)cc1)c1cc2c(cc1[N+](=O)[O-])OCCO2. The van der Waals surface area contributed by atoms with E-state index in [2.05, 4.69) is 10.1 Å². The first kappa shape index (κ1) is 17.4. The molecule has 26 heavy (non-hydrogen) atoms. The fourth-order valence-electron chi connectivity index (χ4n) is 2.33. The number of hydrogen-bond donors (Lipinski definition) is 1. The lowest BCUT2D eigenvalue weighted by Crippen LogP contribution is -2.18. The molecule has 1 heterocycles. The van der Waals surface area contributed by atoms with Crippen LogP contribution in [-0.4, -0.2) is 30.7 Å². The van der Waals surface area contributed by atoms with E-state index >= 15 is 0 Å². The van der Waals surface area contributed by atoms with Crippen LogP contribution in [0.15, 0.2) is 36.4 Å². The molecule has 0 unspecified atom stereocenters. The van der Waals surface area contributed by atoms with Gasteiger partial charge in [0, 0.05) is 11.8 Å². The molecule has 0 radical (unpaired) electrons. The van der Waals surface area contributed by atoms with Crippen molar-refractivity contribution in [1.29, 1.82) is 0 Å². The number of alkyl halides is 2. The summed E-state index contributed by atoms with van der Waals surface area (Å²) in [7, 11) is 0. The van der Waals surface area contributed by atoms with E-state index in [1.165, 1.54) is 30.3 Å². The van der Waals surface area contributed by atoms with Gasteiger partial charge in [0.1, 0.15) is 24.5 Å². The van der Waals surface area contributed by atoms with Crippen molar-refractivity contribution in [1.82, 2.24) is 0 Å². The van der Waals surface area contributed by atoms with Crippen molar-refractivity contribution in [3.05, 3.63) is 52.1 Å². The van der Waals surface area contributed by atoms with Crippen LogP contribution in [0, 0.1) is 10.1 Å². The van der Waals surface area contributed by atoms with E-state index in [4.69, 9.17) is 9.47 Å². The van der Waals surface area contributed by atoms with Crippen LogP contribution in [0.1, 0.15) is 10.4 Å². The molecular formula is C16H12F2N2O6. The second-order valence-corrected chi connectivity index (χ2v) is 5.13. The highest BCUT2D eigenvalue weighted by molar-refractivity contribution is 6.07. The predicted octanol–water partition coefficient (Wildman–Crippen LogP) is 3.22. The summed E-state index contributed by atoms with van der Waals surface area (Å²) in [5, 5.41) is 13.7. The smallest absolute Gasteiger partial charge is 0.387 e. The molecule has 1 N–H and O–H groups in total. The molecule has 2 aromatic carbocycles. The molecule has 0 aliphatic carbocycles. The minimum absolute atomic E-state index is 0.0803. The predicted molar refractivity (Wildman–Crippen MR) is 85.1 cm³/mol. The topological polar surface area (TPSA) is 99.9 Å². The summed E-state index contributed by atoms with van der Waals surface area (Å²) in [6.07, 6.45) is 0. The zero-order valence-corrected chi connectivity index (χ0v) is 13.1. The normalized spacial score (nSPS) is 12.6. The van der Waals surface area contributed by atoms with Gasteiger partial charge < -0.3 is 19.5 Å². The number of amides is 1. The van der Waals surface area contributed by atoms with Crippen LogP contribution >= 0.6 is 0 Å². The van der Waals surface area contributed by atoms with E-state index in [9.17, 15) is 23.7 Å². The van der Waals surface area contributed by atoms with Gasteiger partial charge in [0.05, 0.1) is 11.0 Å². The molecule has 0 atom stereocenters. The number of rotatable bonds is 5. The summed E-state index contributed by atoms with van der Waals surface area (Å²) < 4.78 is 39.1. The Morgan fingerprint density at radius 2 is 1.77 bits per heavy atom. The first-order chi connectivity index (χ1) is 12.4. The Bertz CT molecular complexity index is 841. The molecule has 0 saturated carbocycles. The number of nitro groups is 1. The van der Waals surface area contributed by atoms with Crippen molar-refractivity contribution in [3.63, 3.8) is 0 Å². The van der Waals surface area contributed by atoms with Crippen molar-refractivity contribution >= 4 is 17.3 Å². The third kappa shape index (κ3) is 3.79. The van der Waals surface area contributed by atoms with Crippen LogP contribution in [0.3, 0.4) is 0 Å². The first-order valence-corrected chi connectivity index (χ1v) is 7.38. The van der Waals surface area contributed by atoms with Crippen LogP contribution in [0.2, 0.25) is 0 Å². The lowest BCUT2D eigenvalue weighted by Gasteiger charge is -2.18. The Morgan fingerprint density at radius 1 is 1.15 bits per heavy atom. The Labute approximate surface area is 145 Å². The highest BCUT2D eigenvalue weighted by Crippen LogP contribution is 2.36. The van der Waals surface area contributed by atoms with Gasteiger partial charge in [0.15, 0.2) is 11.5 Å². The summed E-state index contributed by atoms with van der Waals surface area (Å²) in [6, 6.07) is 7.50. The molecule has 0 aromatic heterocycles. The number of fused-ring (bicyclic) bond motifs is 1. The molecule has 1 aliphatic rings. The standard InChI is InChI=1S/C16H12F2N2O6/c17-16(18)26-10-3-1-9(2-4-10)19-15(21)11-7-13-14(25-6-5-24-13)8-12(11)20(22)23/h1-4,7-8,16H,5-6H2,(H,19,21). The Balaban J connectivity index is 1.84. The van der Waals surface area contributed by atoms with Crippen LogP contribution in [-0.2, 0) is 0 Å². The van der Waals surface area contributed by atoms with E-state index in [0.717, 1.165) is 6.07 Å². The average molecular weight is 366 g/mol. The number of nitrogens with one attached hydrogen (secondary N) is 1. The molecule has 136 valence electrons. The molecular weight excluding hydrogens is 354 g/mol. The van der Waals surface area contributed by atoms with Crippen LogP contribution < -0.4 is 19.5 Å². The Morgan fingerprint density at radius 3 is 2.35 bits per heavy atom. The third-order valence-electron chi connectivity index (χ3n) is 3.44. The van der Waals surface area contributed by atoms with E-state index in [-0.39, 0.29) is 41.7 Å². The maximum Gasteiger partial charge on any atom is 0.387 e.